The quantitative estimate of drug-likeness (QED) is 0.753. The van der Waals surface area contributed by atoms with Crippen molar-refractivity contribution in [1.29, 1.82) is 0 Å². The Morgan fingerprint density at radius 1 is 1.60 bits per heavy atom. The van der Waals surface area contributed by atoms with E-state index in [1.807, 2.05) is 0 Å². The highest BCUT2D eigenvalue weighted by molar-refractivity contribution is 9.11. The molecule has 0 atom stereocenters. The average molecular weight is 359 g/mol. The Morgan fingerprint density at radius 2 is 2.45 bits per heavy atom. The van der Waals surface area contributed by atoms with E-state index in [-0.39, 0.29) is 12.3 Å². The van der Waals surface area contributed by atoms with Gasteiger partial charge in [0, 0.05) is 30.3 Å². The molecular formula is C10H9BrN6O2S. The summed E-state index contributed by atoms with van der Waals surface area (Å²) >= 11 is 4.85. The van der Waals surface area contributed by atoms with E-state index in [1.54, 1.807) is 11.4 Å². The van der Waals surface area contributed by atoms with E-state index in [0.717, 1.165) is 19.1 Å². The molecule has 0 fully saturated rings. The third-order valence-corrected chi connectivity index (χ3v) is 4.41. The van der Waals surface area contributed by atoms with Gasteiger partial charge < -0.3 is 4.74 Å². The van der Waals surface area contributed by atoms with E-state index in [4.69, 9.17) is 6.15 Å². The van der Waals surface area contributed by atoms with Crippen LogP contribution in [0.1, 0.15) is 5.56 Å². The molecule has 0 aliphatic rings. The summed E-state index contributed by atoms with van der Waals surface area (Å²) in [5.41, 5.74) is 1.04. The van der Waals surface area contributed by atoms with E-state index in [0.29, 0.717) is 11.6 Å². The van der Waals surface area contributed by atoms with Gasteiger partial charge in [0.1, 0.15) is 6.61 Å². The maximum absolute atomic E-state index is 11.9. The number of hydrogen-bond acceptors (Lipinski definition) is 6. The van der Waals surface area contributed by atoms with Crippen molar-refractivity contribution in [2.75, 3.05) is 0 Å². The molecule has 0 unspecified atom stereocenters. The Hall–Kier alpha value is -1.94. The second kappa shape index (κ2) is 5.21. The van der Waals surface area contributed by atoms with Crippen LogP contribution in [0.2, 0.25) is 1.41 Å². The lowest BCUT2D eigenvalue weighted by Crippen LogP contribution is -2.22. The van der Waals surface area contributed by atoms with Crippen LogP contribution in [0.25, 0.3) is 5.69 Å². The van der Waals surface area contributed by atoms with Crippen LogP contribution in [0.4, 0.5) is 0 Å². The van der Waals surface area contributed by atoms with Gasteiger partial charge in [0.2, 0.25) is 5.88 Å². The van der Waals surface area contributed by atoms with E-state index in [2.05, 4.69) is 31.5 Å². The fourth-order valence-corrected chi connectivity index (χ4v) is 2.93. The van der Waals surface area contributed by atoms with E-state index < -0.39 is 0 Å². The van der Waals surface area contributed by atoms with Crippen molar-refractivity contribution >= 4 is 27.3 Å². The number of tetrazole rings is 1. The molecule has 3 rings (SSSR count). The van der Waals surface area contributed by atoms with Gasteiger partial charge in [-0.05, 0) is 26.4 Å². The first-order valence-electron chi connectivity index (χ1n) is 5.94. The lowest BCUT2D eigenvalue weighted by atomic mass is 10.3. The number of halogens is 1. The average Bonchev–Trinajstić information content (AvgIpc) is 3.11. The molecule has 104 valence electrons. The van der Waals surface area contributed by atoms with Gasteiger partial charge in [-0.1, -0.05) is 0 Å². The summed E-state index contributed by atoms with van der Waals surface area (Å²) in [5, 5.41) is 14.0. The molecule has 10 heteroatoms. The smallest absolute Gasteiger partial charge is 0.368 e. The van der Waals surface area contributed by atoms with E-state index in [9.17, 15) is 4.79 Å². The Balaban J connectivity index is 1.90. The van der Waals surface area contributed by atoms with Gasteiger partial charge in [0.15, 0.2) is 1.41 Å². The highest BCUT2D eigenvalue weighted by Gasteiger charge is 2.16. The summed E-state index contributed by atoms with van der Waals surface area (Å²) in [6, 6.07) is 1.58. The number of H-pyrrole nitrogens is 1. The zero-order valence-corrected chi connectivity index (χ0v) is 12.6. The number of thiophene rings is 1. The number of nitrogens with zero attached hydrogens (tertiary/aromatic N) is 5. The predicted molar refractivity (Wildman–Crippen MR) is 75.1 cm³/mol. The molecule has 0 bridgehead atoms. The number of aromatic amines is 1. The summed E-state index contributed by atoms with van der Waals surface area (Å²) in [7, 11) is 1.53. The molecule has 0 aliphatic heterocycles. The maximum Gasteiger partial charge on any atom is 0.368 e. The van der Waals surface area contributed by atoms with Gasteiger partial charge in [-0.3, -0.25) is 5.09 Å². The number of hydrogen-bond donors (Lipinski definition) is 1. The molecule has 8 nitrogen and oxygen atoms in total. The van der Waals surface area contributed by atoms with Crippen LogP contribution in [0.15, 0.2) is 26.2 Å². The summed E-state index contributed by atoms with van der Waals surface area (Å²) in [6.45, 7) is 0.194. The fourth-order valence-electron chi connectivity index (χ4n) is 1.57. The molecule has 0 saturated heterocycles. The van der Waals surface area contributed by atoms with E-state index in [1.165, 1.54) is 29.3 Å². The second-order valence-electron chi connectivity index (χ2n) is 3.83. The minimum atomic E-state index is -0.336. The van der Waals surface area contributed by atoms with Crippen molar-refractivity contribution in [3.63, 3.8) is 0 Å². The molecular weight excluding hydrogens is 348 g/mol. The van der Waals surface area contributed by atoms with Gasteiger partial charge >= 0.3 is 5.69 Å². The van der Waals surface area contributed by atoms with Crippen LogP contribution >= 0.6 is 27.3 Å². The SMILES string of the molecule is [3H]n1ccc(OCc2c(-n3nnn(C)c3=O)csc2Br)n1. The highest BCUT2D eigenvalue weighted by atomic mass is 79.9. The highest BCUT2D eigenvalue weighted by Crippen LogP contribution is 2.30. The lowest BCUT2D eigenvalue weighted by Gasteiger charge is -2.04. The zero-order chi connectivity index (χ0) is 15.0. The zero-order valence-electron chi connectivity index (χ0n) is 11.2. The van der Waals surface area contributed by atoms with Crippen LogP contribution in [0.3, 0.4) is 0 Å². The minimum absolute atomic E-state index is 0.194. The first kappa shape index (κ1) is 11.9. The monoisotopic (exact) mass is 358 g/mol. The third kappa shape index (κ3) is 2.27. The summed E-state index contributed by atoms with van der Waals surface area (Å²) < 4.78 is 16.0. The van der Waals surface area contributed by atoms with Gasteiger partial charge in [-0.25, -0.2) is 4.79 Å². The number of nitrogens with one attached hydrogen (secondary N) is 1. The number of ether oxygens (including phenoxy) is 1. The van der Waals surface area contributed by atoms with Gasteiger partial charge in [0.25, 0.3) is 0 Å². The Kier molecular flexibility index (Phi) is 3.09. The van der Waals surface area contributed by atoms with Crippen molar-refractivity contribution < 1.29 is 6.15 Å². The van der Waals surface area contributed by atoms with Crippen molar-refractivity contribution in [3.05, 3.63) is 37.5 Å². The third-order valence-electron chi connectivity index (χ3n) is 2.57. The molecule has 0 aromatic carbocycles. The topological polar surface area (TPSA) is 90.6 Å². The van der Waals surface area contributed by atoms with Crippen LogP contribution in [0, 0.1) is 0 Å². The van der Waals surface area contributed by atoms with Crippen LogP contribution < -0.4 is 10.4 Å². The predicted octanol–water partition coefficient (Wildman–Crippen LogP) is 1.09. The molecule has 3 aromatic heterocycles. The molecule has 3 aromatic rings. The number of rotatable bonds is 4. The number of aromatic nitrogens is 6. The van der Waals surface area contributed by atoms with Crippen molar-refractivity contribution in [3.8, 4) is 11.6 Å². The van der Waals surface area contributed by atoms with Gasteiger partial charge in [-0.15, -0.1) is 16.4 Å². The Bertz CT molecular complexity index is 837. The molecule has 0 spiro atoms. The van der Waals surface area contributed by atoms with Gasteiger partial charge in [-0.2, -0.15) is 9.36 Å². The summed E-state index contributed by atoms with van der Waals surface area (Å²) in [5.74, 6) is 0.334. The molecule has 3 heterocycles. The minimum Gasteiger partial charge on any atom is -0.472 e. The molecule has 0 radical (unpaired) electrons. The molecule has 0 amide bonds. The molecule has 1 N–H and O–H groups in total. The maximum atomic E-state index is 11.9. The Morgan fingerprint density at radius 3 is 3.10 bits per heavy atom. The molecule has 0 aliphatic carbocycles. The summed E-state index contributed by atoms with van der Waals surface area (Å²) in [6.07, 6.45) is 1.46. The second-order valence-corrected chi connectivity index (χ2v) is 6.03. The Labute approximate surface area is 126 Å². The van der Waals surface area contributed by atoms with Crippen LogP contribution in [-0.4, -0.2) is 30.0 Å². The number of aryl methyl sites for hydroxylation is 1. The van der Waals surface area contributed by atoms with Crippen molar-refractivity contribution in [1.82, 2.24) is 30.0 Å². The lowest BCUT2D eigenvalue weighted by molar-refractivity contribution is 0.292. The standard InChI is InChI=1S/C10H9BrN6O2S/c1-16-10(18)17(15-14-16)7-5-20-9(11)6(7)4-19-8-2-3-12-13-8/h2-3,5H,4H2,1H3,(H,12,13)/i/hT. The normalized spacial score (nSPS) is 11.6. The molecule has 20 heavy (non-hydrogen) atoms. The van der Waals surface area contributed by atoms with Crippen molar-refractivity contribution in [2.24, 2.45) is 7.05 Å². The first-order chi connectivity index (χ1) is 10.1. The first-order valence-corrected chi connectivity index (χ1v) is 7.16. The van der Waals surface area contributed by atoms with Crippen LogP contribution in [0.5, 0.6) is 5.88 Å². The largest absolute Gasteiger partial charge is 0.472 e. The molecule has 0 saturated carbocycles. The summed E-state index contributed by atoms with van der Waals surface area (Å²) in [4.78, 5) is 11.9. The fraction of sp³-hybridized carbons (Fsp3) is 0.200. The van der Waals surface area contributed by atoms with Gasteiger partial charge in [0.05, 0.1) is 9.47 Å². The van der Waals surface area contributed by atoms with Crippen molar-refractivity contribution in [2.45, 2.75) is 6.61 Å². The van der Waals surface area contributed by atoms with E-state index >= 15 is 0 Å². The van der Waals surface area contributed by atoms with Crippen LogP contribution in [-0.2, 0) is 13.7 Å².